The quantitative estimate of drug-likeness (QED) is 0.822. The average molecular weight is 340 g/mol. The number of esters is 1. The molecule has 1 saturated heterocycles. The Kier molecular flexibility index (Phi) is 6.07. The van der Waals surface area contributed by atoms with Gasteiger partial charge in [0.15, 0.2) is 6.04 Å². The Labute approximate surface area is 149 Å². The molecule has 1 aliphatic heterocycles. The second kappa shape index (κ2) is 8.67. The van der Waals surface area contributed by atoms with Gasteiger partial charge >= 0.3 is 5.97 Å². The molecule has 0 spiro atoms. The molecule has 132 valence electrons. The van der Waals surface area contributed by atoms with Crippen LogP contribution in [0.15, 0.2) is 54.6 Å². The molecule has 0 saturated carbocycles. The number of para-hydroxylation sites is 1. The number of carbonyl (C=O) groups excluding carboxylic acids is 1. The van der Waals surface area contributed by atoms with Gasteiger partial charge in [-0.1, -0.05) is 30.3 Å². The van der Waals surface area contributed by atoms with E-state index in [-0.39, 0.29) is 12.0 Å². The first-order valence-corrected chi connectivity index (χ1v) is 9.09. The van der Waals surface area contributed by atoms with Crippen LogP contribution in [-0.2, 0) is 16.1 Å². The highest BCUT2D eigenvalue weighted by Gasteiger charge is 2.33. The molecule has 1 N–H and O–H groups in total. The van der Waals surface area contributed by atoms with Crippen molar-refractivity contribution < 1.29 is 19.2 Å². The summed E-state index contributed by atoms with van der Waals surface area (Å²) in [4.78, 5) is 13.5. The van der Waals surface area contributed by atoms with Crippen LogP contribution in [0.4, 0.5) is 0 Å². The Morgan fingerprint density at radius 1 is 1.08 bits per heavy atom. The molecule has 25 heavy (non-hydrogen) atoms. The van der Waals surface area contributed by atoms with E-state index in [0.717, 1.165) is 43.9 Å². The summed E-state index contributed by atoms with van der Waals surface area (Å²) in [7, 11) is 0. The van der Waals surface area contributed by atoms with Crippen LogP contribution in [0.5, 0.6) is 11.5 Å². The number of nitrogens with one attached hydrogen (secondary N) is 1. The monoisotopic (exact) mass is 340 g/mol. The van der Waals surface area contributed by atoms with Crippen molar-refractivity contribution in [2.24, 2.45) is 0 Å². The van der Waals surface area contributed by atoms with Crippen molar-refractivity contribution in [3.8, 4) is 11.5 Å². The molecule has 0 aliphatic carbocycles. The summed E-state index contributed by atoms with van der Waals surface area (Å²) in [5.74, 6) is 1.59. The van der Waals surface area contributed by atoms with Crippen LogP contribution in [0.3, 0.4) is 0 Å². The molecule has 4 heteroatoms. The Morgan fingerprint density at radius 3 is 2.68 bits per heavy atom. The molecule has 0 aromatic heterocycles. The predicted molar refractivity (Wildman–Crippen MR) is 96.8 cm³/mol. The Morgan fingerprint density at radius 2 is 1.88 bits per heavy atom. The maximum atomic E-state index is 12.2. The second-order valence-electron chi connectivity index (χ2n) is 6.45. The fourth-order valence-corrected chi connectivity index (χ4v) is 3.42. The summed E-state index contributed by atoms with van der Waals surface area (Å²) in [5, 5.41) is 0. The van der Waals surface area contributed by atoms with Gasteiger partial charge < -0.3 is 14.4 Å². The Hall–Kier alpha value is -2.33. The van der Waals surface area contributed by atoms with Gasteiger partial charge in [-0.3, -0.25) is 0 Å². The molecule has 0 radical (unpaired) electrons. The van der Waals surface area contributed by atoms with Crippen molar-refractivity contribution in [1.29, 1.82) is 0 Å². The lowest BCUT2D eigenvalue weighted by Crippen LogP contribution is -3.16. The zero-order valence-corrected chi connectivity index (χ0v) is 14.7. The van der Waals surface area contributed by atoms with Gasteiger partial charge in [0.05, 0.1) is 13.2 Å². The van der Waals surface area contributed by atoms with Crippen LogP contribution in [-0.4, -0.2) is 25.2 Å². The molecule has 0 amide bonds. The van der Waals surface area contributed by atoms with E-state index in [1.54, 1.807) is 0 Å². The van der Waals surface area contributed by atoms with Gasteiger partial charge in [-0.15, -0.1) is 0 Å². The van der Waals surface area contributed by atoms with Crippen molar-refractivity contribution in [3.63, 3.8) is 0 Å². The lowest BCUT2D eigenvalue weighted by Gasteiger charge is -2.31. The number of hydrogen-bond acceptors (Lipinski definition) is 3. The highest BCUT2D eigenvalue weighted by molar-refractivity contribution is 5.74. The first-order chi connectivity index (χ1) is 12.3. The third kappa shape index (κ3) is 4.83. The molecule has 3 rings (SSSR count). The minimum Gasteiger partial charge on any atom is -0.462 e. The molecular formula is C21H26NO3+. The van der Waals surface area contributed by atoms with Crippen LogP contribution in [0.1, 0.15) is 31.7 Å². The topological polar surface area (TPSA) is 40.0 Å². The van der Waals surface area contributed by atoms with Gasteiger partial charge in [-0.05, 0) is 44.0 Å². The standard InChI is InChI=1S/C21H25NO3/c1-2-24-21(23)20-13-6-7-14-22(20)16-17-9-8-12-19(15-17)25-18-10-4-3-5-11-18/h3-5,8-12,15,20H,2,6-7,13-14,16H2,1H3/p+1/t20-/m1/s1. The summed E-state index contributed by atoms with van der Waals surface area (Å²) >= 11 is 0. The number of hydrogen-bond donors (Lipinski definition) is 1. The fourth-order valence-electron chi connectivity index (χ4n) is 3.42. The van der Waals surface area contributed by atoms with E-state index in [2.05, 4.69) is 12.1 Å². The average Bonchev–Trinajstić information content (AvgIpc) is 2.63. The predicted octanol–water partition coefficient (Wildman–Crippen LogP) is 2.98. The molecule has 2 atom stereocenters. The number of quaternary nitrogens is 1. The van der Waals surface area contributed by atoms with Crippen molar-refractivity contribution in [3.05, 3.63) is 60.2 Å². The highest BCUT2D eigenvalue weighted by atomic mass is 16.5. The molecule has 2 aromatic carbocycles. The smallest absolute Gasteiger partial charge is 0.364 e. The second-order valence-corrected chi connectivity index (χ2v) is 6.45. The third-order valence-corrected chi connectivity index (χ3v) is 4.61. The van der Waals surface area contributed by atoms with Crippen LogP contribution in [0.25, 0.3) is 0 Å². The van der Waals surface area contributed by atoms with E-state index in [1.807, 2.05) is 49.4 Å². The van der Waals surface area contributed by atoms with Crippen LogP contribution >= 0.6 is 0 Å². The van der Waals surface area contributed by atoms with Crippen molar-refractivity contribution in [2.45, 2.75) is 38.8 Å². The van der Waals surface area contributed by atoms with Gasteiger partial charge in [0.2, 0.25) is 0 Å². The highest BCUT2D eigenvalue weighted by Crippen LogP contribution is 2.21. The number of likely N-dealkylation sites (tertiary alicyclic amines) is 1. The van der Waals surface area contributed by atoms with E-state index >= 15 is 0 Å². The lowest BCUT2D eigenvalue weighted by molar-refractivity contribution is -0.935. The van der Waals surface area contributed by atoms with Crippen LogP contribution in [0, 0.1) is 0 Å². The number of piperidine rings is 1. The number of benzene rings is 2. The minimum atomic E-state index is -0.0612. The summed E-state index contributed by atoms with van der Waals surface area (Å²) in [6, 6.07) is 17.9. The number of rotatable bonds is 6. The zero-order chi connectivity index (χ0) is 17.5. The van der Waals surface area contributed by atoms with E-state index in [0.29, 0.717) is 6.61 Å². The van der Waals surface area contributed by atoms with Crippen molar-refractivity contribution in [1.82, 2.24) is 0 Å². The SMILES string of the molecule is CCOC(=O)[C@H]1CCCC[NH+]1Cc1cccc(Oc2ccccc2)c1. The molecule has 1 heterocycles. The molecule has 1 fully saturated rings. The van der Waals surface area contributed by atoms with Gasteiger partial charge in [-0.25, -0.2) is 4.79 Å². The Balaban J connectivity index is 1.69. The maximum absolute atomic E-state index is 12.2. The Bertz CT molecular complexity index is 687. The maximum Gasteiger partial charge on any atom is 0.364 e. The van der Waals surface area contributed by atoms with Crippen molar-refractivity contribution >= 4 is 5.97 Å². The summed E-state index contributed by atoms with van der Waals surface area (Å²) < 4.78 is 11.2. The van der Waals surface area contributed by atoms with Gasteiger partial charge in [-0.2, -0.15) is 0 Å². The molecule has 1 unspecified atom stereocenters. The van der Waals surface area contributed by atoms with Crippen LogP contribution in [0.2, 0.25) is 0 Å². The van der Waals surface area contributed by atoms with E-state index in [4.69, 9.17) is 9.47 Å². The van der Waals surface area contributed by atoms with E-state index in [1.165, 1.54) is 10.5 Å². The normalized spacial score (nSPS) is 20.0. The first kappa shape index (κ1) is 17.5. The van der Waals surface area contributed by atoms with Gasteiger partial charge in [0.25, 0.3) is 0 Å². The minimum absolute atomic E-state index is 0.0487. The van der Waals surface area contributed by atoms with Crippen LogP contribution < -0.4 is 9.64 Å². The fraction of sp³-hybridized carbons (Fsp3) is 0.381. The first-order valence-electron chi connectivity index (χ1n) is 9.09. The van der Waals surface area contributed by atoms with E-state index < -0.39 is 0 Å². The summed E-state index contributed by atoms with van der Waals surface area (Å²) in [5.41, 5.74) is 1.18. The molecule has 2 aromatic rings. The number of ether oxygens (including phenoxy) is 2. The largest absolute Gasteiger partial charge is 0.462 e. The summed E-state index contributed by atoms with van der Waals surface area (Å²) in [6.07, 6.45) is 3.17. The molecule has 1 aliphatic rings. The van der Waals surface area contributed by atoms with E-state index in [9.17, 15) is 4.79 Å². The lowest BCUT2D eigenvalue weighted by atomic mass is 10.0. The molecule has 0 bridgehead atoms. The summed E-state index contributed by atoms with van der Waals surface area (Å²) in [6.45, 7) is 4.14. The zero-order valence-electron chi connectivity index (χ0n) is 14.7. The third-order valence-electron chi connectivity index (χ3n) is 4.61. The van der Waals surface area contributed by atoms with Gasteiger partial charge in [0.1, 0.15) is 18.0 Å². The molecule has 4 nitrogen and oxygen atoms in total. The van der Waals surface area contributed by atoms with Gasteiger partial charge in [0, 0.05) is 12.0 Å². The van der Waals surface area contributed by atoms with Crippen molar-refractivity contribution in [2.75, 3.05) is 13.2 Å². The molecular weight excluding hydrogens is 314 g/mol. The number of carbonyl (C=O) groups is 1.